The summed E-state index contributed by atoms with van der Waals surface area (Å²) in [5, 5.41) is 0. The Kier molecular flexibility index (Phi) is 3.80. The predicted octanol–water partition coefficient (Wildman–Crippen LogP) is 5.25. The van der Waals surface area contributed by atoms with Crippen molar-refractivity contribution in [2.75, 3.05) is 0 Å². The molecule has 0 saturated heterocycles. The van der Waals surface area contributed by atoms with E-state index in [1.54, 1.807) is 6.07 Å². The highest BCUT2D eigenvalue weighted by molar-refractivity contribution is 6.17. The predicted molar refractivity (Wildman–Crippen MR) is 66.4 cm³/mol. The first-order valence-electron chi connectivity index (χ1n) is 5.43. The maximum absolute atomic E-state index is 12.8. The van der Waals surface area contributed by atoms with Crippen molar-refractivity contribution in [1.29, 1.82) is 0 Å². The van der Waals surface area contributed by atoms with Gasteiger partial charge in [-0.05, 0) is 47.0 Å². The number of benzene rings is 2. The van der Waals surface area contributed by atoms with Crippen LogP contribution in [0.2, 0.25) is 0 Å². The van der Waals surface area contributed by atoms with Crippen LogP contribution in [-0.2, 0) is 12.1 Å². The Morgan fingerprint density at radius 2 is 1.53 bits per heavy atom. The summed E-state index contributed by atoms with van der Waals surface area (Å²) >= 11 is 5.61. The fourth-order valence-electron chi connectivity index (χ4n) is 1.74. The minimum absolute atomic E-state index is 0.0158. The lowest BCUT2D eigenvalue weighted by molar-refractivity contribution is -0.137. The maximum Gasteiger partial charge on any atom is 0.416 e. The van der Waals surface area contributed by atoms with E-state index >= 15 is 0 Å². The fraction of sp³-hybridized carbons (Fsp3) is 0.143. The third-order valence-electron chi connectivity index (χ3n) is 2.65. The van der Waals surface area contributed by atoms with Gasteiger partial charge in [0.05, 0.1) is 5.56 Å². The zero-order valence-electron chi connectivity index (χ0n) is 9.64. The van der Waals surface area contributed by atoms with Gasteiger partial charge in [-0.15, -0.1) is 11.6 Å². The molecule has 0 spiro atoms. The highest BCUT2D eigenvalue weighted by Gasteiger charge is 2.31. The van der Waals surface area contributed by atoms with Crippen molar-refractivity contribution >= 4 is 11.6 Å². The van der Waals surface area contributed by atoms with Crippen LogP contribution >= 0.6 is 11.6 Å². The highest BCUT2D eigenvalue weighted by atomic mass is 35.5. The van der Waals surface area contributed by atoms with Gasteiger partial charge in [0, 0.05) is 5.88 Å². The Balaban J connectivity index is 2.54. The second-order valence-electron chi connectivity index (χ2n) is 4.06. The lowest BCUT2D eigenvalue weighted by Gasteiger charge is -2.11. The van der Waals surface area contributed by atoms with Gasteiger partial charge in [-0.25, -0.2) is 4.39 Å². The summed E-state index contributed by atoms with van der Waals surface area (Å²) in [5.41, 5.74) is 0.491. The monoisotopic (exact) mass is 288 g/mol. The van der Waals surface area contributed by atoms with Crippen LogP contribution in [-0.4, -0.2) is 0 Å². The Bertz CT molecular complexity index is 573. The van der Waals surface area contributed by atoms with Crippen LogP contribution in [0.3, 0.4) is 0 Å². The Hall–Kier alpha value is -1.55. The summed E-state index contributed by atoms with van der Waals surface area (Å²) in [6.07, 6.45) is -4.43. The van der Waals surface area contributed by atoms with E-state index in [1.165, 1.54) is 24.3 Å². The molecular weight excluding hydrogens is 280 g/mol. The van der Waals surface area contributed by atoms with Crippen molar-refractivity contribution in [2.24, 2.45) is 0 Å². The fourth-order valence-corrected chi connectivity index (χ4v) is 1.90. The van der Waals surface area contributed by atoms with Gasteiger partial charge in [0.1, 0.15) is 5.82 Å². The molecule has 19 heavy (non-hydrogen) atoms. The standard InChI is InChI=1S/C14H9ClF4/c15-8-9-5-11(7-12(6-9)14(17,18)19)10-1-3-13(16)4-2-10/h1-7H,8H2. The smallest absolute Gasteiger partial charge is 0.207 e. The quantitative estimate of drug-likeness (QED) is 0.523. The van der Waals surface area contributed by atoms with Crippen LogP contribution in [0.4, 0.5) is 17.6 Å². The van der Waals surface area contributed by atoms with Gasteiger partial charge < -0.3 is 0 Å². The molecule has 0 amide bonds. The largest absolute Gasteiger partial charge is 0.416 e. The molecule has 0 aromatic heterocycles. The van der Waals surface area contributed by atoms with E-state index in [0.717, 1.165) is 12.1 Å². The van der Waals surface area contributed by atoms with Crippen molar-refractivity contribution < 1.29 is 17.6 Å². The summed E-state index contributed by atoms with van der Waals surface area (Å²) in [6.45, 7) is 0. The van der Waals surface area contributed by atoms with Gasteiger partial charge >= 0.3 is 6.18 Å². The molecule has 0 atom stereocenters. The van der Waals surface area contributed by atoms with E-state index in [9.17, 15) is 17.6 Å². The molecule has 0 aliphatic rings. The SMILES string of the molecule is Fc1ccc(-c2cc(CCl)cc(C(F)(F)F)c2)cc1. The number of rotatable bonds is 2. The van der Waals surface area contributed by atoms with Crippen molar-refractivity contribution in [2.45, 2.75) is 12.1 Å². The van der Waals surface area contributed by atoms with E-state index in [4.69, 9.17) is 11.6 Å². The normalized spacial score (nSPS) is 11.6. The molecule has 0 radical (unpaired) electrons. The zero-order valence-corrected chi connectivity index (χ0v) is 10.4. The number of hydrogen-bond donors (Lipinski definition) is 0. The van der Waals surface area contributed by atoms with Crippen molar-refractivity contribution in [3.63, 3.8) is 0 Å². The lowest BCUT2D eigenvalue weighted by atomic mass is 10.00. The summed E-state index contributed by atoms with van der Waals surface area (Å²) in [6, 6.07) is 8.89. The summed E-state index contributed by atoms with van der Waals surface area (Å²) < 4.78 is 51.1. The highest BCUT2D eigenvalue weighted by Crippen LogP contribution is 2.33. The van der Waals surface area contributed by atoms with Crippen LogP contribution in [0.5, 0.6) is 0 Å². The molecule has 2 rings (SSSR count). The Labute approximate surface area is 112 Å². The van der Waals surface area contributed by atoms with Crippen molar-refractivity contribution in [3.8, 4) is 11.1 Å². The molecule has 0 fully saturated rings. The first-order valence-corrected chi connectivity index (χ1v) is 5.96. The van der Waals surface area contributed by atoms with E-state index < -0.39 is 17.6 Å². The minimum atomic E-state index is -4.43. The van der Waals surface area contributed by atoms with Crippen LogP contribution in [0.25, 0.3) is 11.1 Å². The molecule has 0 bridgehead atoms. The van der Waals surface area contributed by atoms with Crippen LogP contribution in [0.1, 0.15) is 11.1 Å². The Morgan fingerprint density at radius 3 is 2.05 bits per heavy atom. The molecule has 100 valence electrons. The third-order valence-corrected chi connectivity index (χ3v) is 2.96. The summed E-state index contributed by atoms with van der Waals surface area (Å²) in [4.78, 5) is 0. The third kappa shape index (κ3) is 3.26. The topological polar surface area (TPSA) is 0 Å². The van der Waals surface area contributed by atoms with Gasteiger partial charge in [0.15, 0.2) is 0 Å². The minimum Gasteiger partial charge on any atom is -0.207 e. The first kappa shape index (κ1) is 13.9. The van der Waals surface area contributed by atoms with Crippen LogP contribution < -0.4 is 0 Å². The molecule has 0 aliphatic heterocycles. The average molecular weight is 289 g/mol. The van der Waals surface area contributed by atoms with E-state index in [2.05, 4.69) is 0 Å². The van der Waals surface area contributed by atoms with Gasteiger partial charge in [0.25, 0.3) is 0 Å². The van der Waals surface area contributed by atoms with Gasteiger partial charge in [0.2, 0.25) is 0 Å². The summed E-state index contributed by atoms with van der Waals surface area (Å²) in [5.74, 6) is -0.453. The molecule has 0 heterocycles. The number of hydrogen-bond acceptors (Lipinski definition) is 0. The average Bonchev–Trinajstić information content (AvgIpc) is 2.38. The van der Waals surface area contributed by atoms with Crippen LogP contribution in [0.15, 0.2) is 42.5 Å². The van der Waals surface area contributed by atoms with Crippen LogP contribution in [0, 0.1) is 5.82 Å². The second kappa shape index (κ2) is 5.21. The second-order valence-corrected chi connectivity index (χ2v) is 4.32. The zero-order chi connectivity index (χ0) is 14.0. The maximum atomic E-state index is 12.8. The van der Waals surface area contributed by atoms with Crippen molar-refractivity contribution in [1.82, 2.24) is 0 Å². The molecule has 0 N–H and O–H groups in total. The number of halogens is 5. The van der Waals surface area contributed by atoms with E-state index in [-0.39, 0.29) is 5.88 Å². The van der Waals surface area contributed by atoms with Gasteiger partial charge in [-0.2, -0.15) is 13.2 Å². The summed E-state index contributed by atoms with van der Waals surface area (Å²) in [7, 11) is 0. The molecule has 2 aromatic rings. The van der Waals surface area contributed by atoms with E-state index in [0.29, 0.717) is 16.7 Å². The van der Waals surface area contributed by atoms with Crippen molar-refractivity contribution in [3.05, 3.63) is 59.4 Å². The Morgan fingerprint density at radius 1 is 0.895 bits per heavy atom. The first-order chi connectivity index (χ1) is 8.90. The molecule has 0 aliphatic carbocycles. The number of alkyl halides is 4. The molecule has 0 unspecified atom stereocenters. The van der Waals surface area contributed by atoms with Gasteiger partial charge in [-0.3, -0.25) is 0 Å². The van der Waals surface area contributed by atoms with Gasteiger partial charge in [-0.1, -0.05) is 12.1 Å². The molecule has 0 saturated carbocycles. The lowest BCUT2D eigenvalue weighted by Crippen LogP contribution is -2.05. The molecular formula is C14H9ClF4. The molecule has 2 aromatic carbocycles. The molecule has 5 heteroatoms. The molecule has 0 nitrogen and oxygen atoms in total. The van der Waals surface area contributed by atoms with E-state index in [1.807, 2.05) is 0 Å².